The maximum Gasteiger partial charge on any atom is 0.251 e. The molecule has 2 atom stereocenters. The van der Waals surface area contributed by atoms with Gasteiger partial charge in [-0.05, 0) is 37.0 Å². The Hall–Kier alpha value is -1.49. The molecule has 1 saturated carbocycles. The number of fused-ring (bicyclic) bond motifs is 1. The van der Waals surface area contributed by atoms with Gasteiger partial charge in [0, 0.05) is 16.5 Å². The summed E-state index contributed by atoms with van der Waals surface area (Å²) < 4.78 is 0. The molecule has 112 valence electrons. The summed E-state index contributed by atoms with van der Waals surface area (Å²) in [5.41, 5.74) is 1.37. The van der Waals surface area contributed by atoms with Gasteiger partial charge >= 0.3 is 0 Å². The van der Waals surface area contributed by atoms with Gasteiger partial charge in [-0.15, -0.1) is 11.8 Å². The average molecular weight is 304 g/mol. The molecular weight excluding hydrogens is 284 g/mol. The molecule has 0 radical (unpaired) electrons. The van der Waals surface area contributed by atoms with Gasteiger partial charge in [0.25, 0.3) is 5.91 Å². The number of carbonyl (C=O) groups is 2. The Bertz CT molecular complexity index is 573. The van der Waals surface area contributed by atoms with E-state index in [9.17, 15) is 9.59 Å². The van der Waals surface area contributed by atoms with Crippen LogP contribution in [0.25, 0.3) is 0 Å². The van der Waals surface area contributed by atoms with Crippen LogP contribution in [0.2, 0.25) is 0 Å². The molecule has 21 heavy (non-hydrogen) atoms. The summed E-state index contributed by atoms with van der Waals surface area (Å²) in [5, 5.41) is 5.97. The second kappa shape index (κ2) is 6.10. The summed E-state index contributed by atoms with van der Waals surface area (Å²) in [6.07, 6.45) is 4.69. The minimum Gasteiger partial charge on any atom is -0.349 e. The SMILES string of the molecule is CC1CCCCC1NC(=O)c1ccc2c(c1)NC(=O)CS2. The summed E-state index contributed by atoms with van der Waals surface area (Å²) in [5.74, 6) is 0.931. The van der Waals surface area contributed by atoms with Gasteiger partial charge in [0.15, 0.2) is 0 Å². The molecule has 5 heteroatoms. The molecule has 1 aromatic rings. The number of anilines is 1. The Morgan fingerprint density at radius 3 is 2.95 bits per heavy atom. The number of thioether (sulfide) groups is 1. The molecule has 2 N–H and O–H groups in total. The first kappa shape index (κ1) is 14.4. The van der Waals surface area contributed by atoms with E-state index in [0.717, 1.165) is 17.0 Å². The first-order chi connectivity index (χ1) is 10.1. The van der Waals surface area contributed by atoms with E-state index in [0.29, 0.717) is 17.2 Å². The van der Waals surface area contributed by atoms with E-state index in [4.69, 9.17) is 0 Å². The van der Waals surface area contributed by atoms with Crippen molar-refractivity contribution in [2.24, 2.45) is 5.92 Å². The number of hydrogen-bond acceptors (Lipinski definition) is 3. The van der Waals surface area contributed by atoms with E-state index in [2.05, 4.69) is 17.6 Å². The van der Waals surface area contributed by atoms with Crippen LogP contribution in [0.3, 0.4) is 0 Å². The van der Waals surface area contributed by atoms with Gasteiger partial charge in [0.05, 0.1) is 11.4 Å². The number of carbonyl (C=O) groups excluding carboxylic acids is 2. The van der Waals surface area contributed by atoms with Gasteiger partial charge in [-0.3, -0.25) is 9.59 Å². The third-order valence-corrected chi connectivity index (χ3v) is 5.38. The molecule has 3 rings (SSSR count). The van der Waals surface area contributed by atoms with Crippen molar-refractivity contribution in [3.63, 3.8) is 0 Å². The van der Waals surface area contributed by atoms with E-state index < -0.39 is 0 Å². The summed E-state index contributed by atoms with van der Waals surface area (Å²) >= 11 is 1.51. The summed E-state index contributed by atoms with van der Waals surface area (Å²) in [7, 11) is 0. The molecule has 2 unspecified atom stereocenters. The lowest BCUT2D eigenvalue weighted by atomic mass is 9.86. The Kier molecular flexibility index (Phi) is 4.19. The van der Waals surface area contributed by atoms with E-state index in [1.54, 1.807) is 6.07 Å². The van der Waals surface area contributed by atoms with Crippen LogP contribution in [-0.4, -0.2) is 23.6 Å². The molecule has 1 aliphatic carbocycles. The summed E-state index contributed by atoms with van der Waals surface area (Å²) in [6.45, 7) is 2.20. The van der Waals surface area contributed by atoms with Gasteiger partial charge in [-0.1, -0.05) is 19.8 Å². The van der Waals surface area contributed by atoms with Crippen molar-refractivity contribution in [3.8, 4) is 0 Å². The fraction of sp³-hybridized carbons (Fsp3) is 0.500. The highest BCUT2D eigenvalue weighted by Crippen LogP contribution is 2.32. The first-order valence-corrected chi connectivity index (χ1v) is 8.49. The number of nitrogens with one attached hydrogen (secondary N) is 2. The predicted octanol–water partition coefficient (Wildman–Crippen LogP) is 3.04. The maximum absolute atomic E-state index is 12.4. The van der Waals surface area contributed by atoms with Crippen molar-refractivity contribution in [2.45, 2.75) is 43.5 Å². The third kappa shape index (κ3) is 3.23. The minimum atomic E-state index is -0.0404. The summed E-state index contributed by atoms with van der Waals surface area (Å²) in [4.78, 5) is 24.9. The van der Waals surface area contributed by atoms with E-state index in [1.807, 2.05) is 12.1 Å². The van der Waals surface area contributed by atoms with Crippen LogP contribution in [-0.2, 0) is 4.79 Å². The molecule has 0 spiro atoms. The van der Waals surface area contributed by atoms with Crippen LogP contribution in [0, 0.1) is 5.92 Å². The first-order valence-electron chi connectivity index (χ1n) is 7.51. The summed E-state index contributed by atoms with van der Waals surface area (Å²) in [6, 6.07) is 5.80. The Morgan fingerprint density at radius 1 is 1.33 bits per heavy atom. The number of rotatable bonds is 2. The van der Waals surface area contributed by atoms with E-state index in [-0.39, 0.29) is 17.9 Å². The Labute approximate surface area is 129 Å². The fourth-order valence-electron chi connectivity index (χ4n) is 3.01. The number of benzene rings is 1. The van der Waals surface area contributed by atoms with Gasteiger partial charge in [-0.2, -0.15) is 0 Å². The Morgan fingerprint density at radius 2 is 2.14 bits per heavy atom. The van der Waals surface area contributed by atoms with Crippen LogP contribution >= 0.6 is 11.8 Å². The molecule has 1 fully saturated rings. The smallest absolute Gasteiger partial charge is 0.251 e. The van der Waals surface area contributed by atoms with Gasteiger partial charge in [0.2, 0.25) is 5.91 Å². The standard InChI is InChI=1S/C16H20N2O2S/c1-10-4-2-3-5-12(10)18-16(20)11-6-7-14-13(8-11)17-15(19)9-21-14/h6-8,10,12H,2-5,9H2,1H3,(H,17,19)(H,18,20). The molecule has 0 saturated heterocycles. The number of amides is 2. The normalized spacial score (nSPS) is 24.9. The van der Waals surface area contributed by atoms with Crippen LogP contribution < -0.4 is 10.6 Å². The minimum absolute atomic E-state index is 0.00837. The average Bonchev–Trinajstić information content (AvgIpc) is 2.48. The lowest BCUT2D eigenvalue weighted by Crippen LogP contribution is -2.41. The second-order valence-corrected chi connectivity index (χ2v) is 6.91. The lowest BCUT2D eigenvalue weighted by molar-refractivity contribution is -0.113. The zero-order valence-electron chi connectivity index (χ0n) is 12.1. The maximum atomic E-state index is 12.4. The predicted molar refractivity (Wildman–Crippen MR) is 84.7 cm³/mol. The van der Waals surface area contributed by atoms with Crippen molar-refractivity contribution < 1.29 is 9.59 Å². The highest BCUT2D eigenvalue weighted by Gasteiger charge is 2.24. The van der Waals surface area contributed by atoms with Crippen molar-refractivity contribution in [2.75, 3.05) is 11.1 Å². The van der Waals surface area contributed by atoms with Crippen LogP contribution in [0.1, 0.15) is 43.0 Å². The zero-order valence-corrected chi connectivity index (χ0v) is 13.0. The second-order valence-electron chi connectivity index (χ2n) is 5.89. The molecular formula is C16H20N2O2S. The van der Waals surface area contributed by atoms with Gasteiger partial charge in [-0.25, -0.2) is 0 Å². The topological polar surface area (TPSA) is 58.2 Å². The fourth-order valence-corrected chi connectivity index (χ4v) is 3.80. The number of hydrogen-bond donors (Lipinski definition) is 2. The Balaban J connectivity index is 1.72. The van der Waals surface area contributed by atoms with Crippen molar-refractivity contribution in [1.82, 2.24) is 5.32 Å². The molecule has 4 nitrogen and oxygen atoms in total. The van der Waals surface area contributed by atoms with Gasteiger partial charge in [0.1, 0.15) is 0 Å². The molecule has 0 aromatic heterocycles. The van der Waals surface area contributed by atoms with Crippen LogP contribution in [0.15, 0.2) is 23.1 Å². The molecule has 2 amide bonds. The molecule has 1 heterocycles. The highest BCUT2D eigenvalue weighted by molar-refractivity contribution is 8.00. The molecule has 1 aliphatic heterocycles. The molecule has 2 aliphatic rings. The largest absolute Gasteiger partial charge is 0.349 e. The zero-order chi connectivity index (χ0) is 14.8. The lowest BCUT2D eigenvalue weighted by Gasteiger charge is -2.29. The van der Waals surface area contributed by atoms with E-state index in [1.165, 1.54) is 31.0 Å². The molecule has 1 aromatic carbocycles. The van der Waals surface area contributed by atoms with E-state index >= 15 is 0 Å². The quantitative estimate of drug-likeness (QED) is 0.883. The van der Waals surface area contributed by atoms with Crippen molar-refractivity contribution in [3.05, 3.63) is 23.8 Å². The molecule has 0 bridgehead atoms. The van der Waals surface area contributed by atoms with Crippen molar-refractivity contribution >= 4 is 29.3 Å². The highest BCUT2D eigenvalue weighted by atomic mass is 32.2. The monoisotopic (exact) mass is 304 g/mol. The van der Waals surface area contributed by atoms with Crippen LogP contribution in [0.5, 0.6) is 0 Å². The van der Waals surface area contributed by atoms with Crippen LogP contribution in [0.4, 0.5) is 5.69 Å². The van der Waals surface area contributed by atoms with Crippen molar-refractivity contribution in [1.29, 1.82) is 0 Å². The van der Waals surface area contributed by atoms with Gasteiger partial charge < -0.3 is 10.6 Å². The third-order valence-electron chi connectivity index (χ3n) is 4.30.